The van der Waals surface area contributed by atoms with Crippen molar-refractivity contribution in [2.45, 2.75) is 26.4 Å². The first-order valence-corrected chi connectivity index (χ1v) is 6.24. The molecule has 1 atom stereocenters. The van der Waals surface area contributed by atoms with Gasteiger partial charge in [-0.1, -0.05) is 35.8 Å². The van der Waals surface area contributed by atoms with Gasteiger partial charge in [-0.3, -0.25) is 0 Å². The molecule has 1 aromatic carbocycles. The van der Waals surface area contributed by atoms with E-state index in [1.807, 2.05) is 18.2 Å². The van der Waals surface area contributed by atoms with Gasteiger partial charge in [-0.25, -0.2) is 0 Å². The summed E-state index contributed by atoms with van der Waals surface area (Å²) in [5.41, 5.74) is 7.75. The van der Waals surface area contributed by atoms with Crippen LogP contribution in [0.2, 0.25) is 0 Å². The lowest BCUT2D eigenvalue weighted by atomic mass is 10.0. The molecule has 0 fully saturated rings. The first kappa shape index (κ1) is 13.5. The Morgan fingerprint density at radius 2 is 2.12 bits per heavy atom. The standard InChI is InChI=1S/C12H19BrN2O/c1-8(2)12(7-16)15-11-5-3-4-10(13)9(11)6-14/h3-5,8,12,15-16H,6-7,14H2,1-2H3/t12-/m1/s1. The molecule has 0 unspecified atom stereocenters. The van der Waals surface area contributed by atoms with Gasteiger partial charge in [0.1, 0.15) is 0 Å². The van der Waals surface area contributed by atoms with E-state index in [0.29, 0.717) is 12.5 Å². The van der Waals surface area contributed by atoms with Crippen molar-refractivity contribution >= 4 is 21.6 Å². The topological polar surface area (TPSA) is 58.3 Å². The minimum absolute atomic E-state index is 0.0552. The van der Waals surface area contributed by atoms with Gasteiger partial charge < -0.3 is 16.2 Å². The number of hydrogen-bond acceptors (Lipinski definition) is 3. The second-order valence-corrected chi connectivity index (χ2v) is 5.00. The molecule has 0 bridgehead atoms. The second kappa shape index (κ2) is 6.23. The van der Waals surface area contributed by atoms with E-state index in [4.69, 9.17) is 5.73 Å². The minimum atomic E-state index is 0.0552. The van der Waals surface area contributed by atoms with Gasteiger partial charge in [-0.15, -0.1) is 0 Å². The van der Waals surface area contributed by atoms with Crippen LogP contribution in [0, 0.1) is 5.92 Å². The Bertz CT molecular complexity index is 342. The maximum atomic E-state index is 9.29. The lowest BCUT2D eigenvalue weighted by Crippen LogP contribution is -2.30. The Balaban J connectivity index is 2.91. The zero-order valence-electron chi connectivity index (χ0n) is 9.70. The fraction of sp³-hybridized carbons (Fsp3) is 0.500. The molecular weight excluding hydrogens is 268 g/mol. The van der Waals surface area contributed by atoms with Crippen molar-refractivity contribution in [3.8, 4) is 0 Å². The van der Waals surface area contributed by atoms with Crippen molar-refractivity contribution in [1.82, 2.24) is 0 Å². The summed E-state index contributed by atoms with van der Waals surface area (Å²) in [6, 6.07) is 5.97. The molecule has 90 valence electrons. The molecule has 0 radical (unpaired) electrons. The van der Waals surface area contributed by atoms with Crippen molar-refractivity contribution in [3.63, 3.8) is 0 Å². The number of nitrogens with two attached hydrogens (primary N) is 1. The zero-order valence-corrected chi connectivity index (χ0v) is 11.3. The molecule has 0 aliphatic carbocycles. The van der Waals surface area contributed by atoms with Crippen LogP contribution in [-0.2, 0) is 6.54 Å². The molecule has 0 aliphatic heterocycles. The van der Waals surface area contributed by atoms with Gasteiger partial charge in [0.25, 0.3) is 0 Å². The number of aliphatic hydroxyl groups excluding tert-OH is 1. The van der Waals surface area contributed by atoms with Crippen LogP contribution in [0.25, 0.3) is 0 Å². The summed E-state index contributed by atoms with van der Waals surface area (Å²) in [7, 11) is 0. The van der Waals surface area contributed by atoms with Crippen molar-refractivity contribution < 1.29 is 5.11 Å². The van der Waals surface area contributed by atoms with Gasteiger partial charge >= 0.3 is 0 Å². The average Bonchev–Trinajstić information content (AvgIpc) is 2.25. The van der Waals surface area contributed by atoms with Crippen LogP contribution in [0.3, 0.4) is 0 Å². The van der Waals surface area contributed by atoms with Crippen LogP contribution in [0.1, 0.15) is 19.4 Å². The third-order valence-electron chi connectivity index (χ3n) is 2.67. The third-order valence-corrected chi connectivity index (χ3v) is 3.41. The van der Waals surface area contributed by atoms with E-state index < -0.39 is 0 Å². The summed E-state index contributed by atoms with van der Waals surface area (Å²) in [6.45, 7) is 4.75. The predicted molar refractivity (Wildman–Crippen MR) is 71.4 cm³/mol. The maximum absolute atomic E-state index is 9.29. The van der Waals surface area contributed by atoms with Crippen molar-refractivity contribution in [3.05, 3.63) is 28.2 Å². The fourth-order valence-corrected chi connectivity index (χ4v) is 2.05. The molecular formula is C12H19BrN2O. The number of benzene rings is 1. The van der Waals surface area contributed by atoms with Gasteiger partial charge in [-0.05, 0) is 18.1 Å². The Labute approximate surface area is 105 Å². The molecule has 16 heavy (non-hydrogen) atoms. The molecule has 0 saturated heterocycles. The van der Waals surface area contributed by atoms with Gasteiger partial charge in [0.05, 0.1) is 12.6 Å². The first-order chi connectivity index (χ1) is 7.60. The average molecular weight is 287 g/mol. The Kier molecular flexibility index (Phi) is 5.25. The lowest BCUT2D eigenvalue weighted by molar-refractivity contribution is 0.249. The van der Waals surface area contributed by atoms with Gasteiger partial charge in [-0.2, -0.15) is 0 Å². The SMILES string of the molecule is CC(C)[C@@H](CO)Nc1cccc(Br)c1CN. The number of aliphatic hydroxyl groups is 1. The van der Waals surface area contributed by atoms with E-state index in [2.05, 4.69) is 35.1 Å². The summed E-state index contributed by atoms with van der Waals surface area (Å²) >= 11 is 3.47. The fourth-order valence-electron chi connectivity index (χ4n) is 1.52. The van der Waals surface area contributed by atoms with E-state index in [0.717, 1.165) is 15.7 Å². The van der Waals surface area contributed by atoms with Gasteiger partial charge in [0, 0.05) is 22.3 Å². The summed E-state index contributed by atoms with van der Waals surface area (Å²) in [4.78, 5) is 0. The van der Waals surface area contributed by atoms with Crippen molar-refractivity contribution in [1.29, 1.82) is 0 Å². The summed E-state index contributed by atoms with van der Waals surface area (Å²) in [6.07, 6.45) is 0. The molecule has 1 rings (SSSR count). The van der Waals surface area contributed by atoms with Crippen LogP contribution >= 0.6 is 15.9 Å². The van der Waals surface area contributed by atoms with Crippen molar-refractivity contribution in [2.75, 3.05) is 11.9 Å². The van der Waals surface area contributed by atoms with E-state index >= 15 is 0 Å². The molecule has 4 heteroatoms. The number of hydrogen-bond donors (Lipinski definition) is 3. The molecule has 0 spiro atoms. The largest absolute Gasteiger partial charge is 0.394 e. The number of halogens is 1. The van der Waals surface area contributed by atoms with E-state index in [1.54, 1.807) is 0 Å². The minimum Gasteiger partial charge on any atom is -0.394 e. The molecule has 0 aromatic heterocycles. The normalized spacial score (nSPS) is 12.9. The highest BCUT2D eigenvalue weighted by Gasteiger charge is 2.14. The van der Waals surface area contributed by atoms with Crippen molar-refractivity contribution in [2.24, 2.45) is 11.7 Å². The molecule has 0 aliphatic rings. The molecule has 3 nitrogen and oxygen atoms in total. The smallest absolute Gasteiger partial charge is 0.0635 e. The quantitative estimate of drug-likeness (QED) is 0.779. The lowest BCUT2D eigenvalue weighted by Gasteiger charge is -2.23. The third kappa shape index (κ3) is 3.20. The van der Waals surface area contributed by atoms with Crippen LogP contribution < -0.4 is 11.1 Å². The first-order valence-electron chi connectivity index (χ1n) is 5.45. The number of nitrogens with one attached hydrogen (secondary N) is 1. The highest BCUT2D eigenvalue weighted by molar-refractivity contribution is 9.10. The van der Waals surface area contributed by atoms with Crippen LogP contribution in [0.5, 0.6) is 0 Å². The second-order valence-electron chi connectivity index (χ2n) is 4.15. The van der Waals surface area contributed by atoms with Crippen LogP contribution in [-0.4, -0.2) is 17.8 Å². The van der Waals surface area contributed by atoms with E-state index in [-0.39, 0.29) is 12.6 Å². The number of anilines is 1. The Hall–Kier alpha value is -0.580. The highest BCUT2D eigenvalue weighted by atomic mass is 79.9. The van der Waals surface area contributed by atoms with Gasteiger partial charge in [0.2, 0.25) is 0 Å². The summed E-state index contributed by atoms with van der Waals surface area (Å²) in [5, 5.41) is 12.6. The molecule has 0 saturated carbocycles. The molecule has 0 amide bonds. The maximum Gasteiger partial charge on any atom is 0.0635 e. The number of rotatable bonds is 5. The molecule has 4 N–H and O–H groups in total. The van der Waals surface area contributed by atoms with Gasteiger partial charge in [0.15, 0.2) is 0 Å². The summed E-state index contributed by atoms with van der Waals surface area (Å²) in [5.74, 6) is 0.370. The van der Waals surface area contributed by atoms with Crippen LogP contribution in [0.4, 0.5) is 5.69 Å². The molecule has 1 aromatic rings. The summed E-state index contributed by atoms with van der Waals surface area (Å²) < 4.78 is 1.00. The Morgan fingerprint density at radius 1 is 1.44 bits per heavy atom. The molecule has 0 heterocycles. The monoisotopic (exact) mass is 286 g/mol. The Morgan fingerprint density at radius 3 is 2.62 bits per heavy atom. The van der Waals surface area contributed by atoms with E-state index in [1.165, 1.54) is 0 Å². The predicted octanol–water partition coefficient (Wildman–Crippen LogP) is 2.34. The van der Waals surface area contributed by atoms with E-state index in [9.17, 15) is 5.11 Å². The zero-order chi connectivity index (χ0) is 12.1. The highest BCUT2D eigenvalue weighted by Crippen LogP contribution is 2.25. The van der Waals surface area contributed by atoms with Crippen LogP contribution in [0.15, 0.2) is 22.7 Å².